The molecule has 1 aromatic carbocycles. The number of nitro groups is 1. The summed E-state index contributed by atoms with van der Waals surface area (Å²) in [6.45, 7) is -0.135. The summed E-state index contributed by atoms with van der Waals surface area (Å²) >= 11 is 0. The normalized spacial score (nSPS) is 10.4. The fourth-order valence-electron chi connectivity index (χ4n) is 1.86. The number of rotatable bonds is 5. The number of esters is 1. The van der Waals surface area contributed by atoms with Crippen molar-refractivity contribution in [2.45, 2.75) is 6.61 Å². The molecule has 116 valence electrons. The molecule has 3 aromatic rings. The summed E-state index contributed by atoms with van der Waals surface area (Å²) in [5.41, 5.74) is 1.26. The zero-order valence-corrected chi connectivity index (χ0v) is 11.7. The maximum atomic E-state index is 11.7. The van der Waals surface area contributed by atoms with Crippen molar-refractivity contribution in [3.05, 3.63) is 70.1 Å². The Bertz CT molecular complexity index is 837. The topological polar surface area (TPSA) is 109 Å². The molecule has 0 spiro atoms. The lowest BCUT2D eigenvalue weighted by molar-refractivity contribution is -0.402. The molecule has 0 unspecified atom stereocenters. The third-order valence-electron chi connectivity index (χ3n) is 2.94. The highest BCUT2D eigenvalue weighted by molar-refractivity contribution is 5.86. The predicted octanol–water partition coefficient (Wildman–Crippen LogP) is 3.20. The van der Waals surface area contributed by atoms with Gasteiger partial charge in [0.25, 0.3) is 0 Å². The Morgan fingerprint density at radius 1 is 1.22 bits per heavy atom. The molecule has 0 atom stereocenters. The second kappa shape index (κ2) is 6.14. The molecule has 0 bridgehead atoms. The first-order chi connectivity index (χ1) is 11.1. The molecular weight excluding hydrogens is 304 g/mol. The Morgan fingerprint density at radius 3 is 2.70 bits per heavy atom. The maximum Gasteiger partial charge on any atom is 0.433 e. The molecule has 8 heteroatoms. The lowest BCUT2D eigenvalue weighted by Crippen LogP contribution is -2.04. The smallest absolute Gasteiger partial charge is 0.433 e. The molecule has 0 amide bonds. The first-order valence-electron chi connectivity index (χ1n) is 6.56. The van der Waals surface area contributed by atoms with E-state index in [2.05, 4.69) is 5.16 Å². The Kier molecular flexibility index (Phi) is 3.88. The number of benzene rings is 1. The lowest BCUT2D eigenvalue weighted by atomic mass is 10.2. The van der Waals surface area contributed by atoms with E-state index in [4.69, 9.17) is 13.7 Å². The molecule has 3 rings (SSSR count). The highest BCUT2D eigenvalue weighted by Crippen LogP contribution is 2.21. The van der Waals surface area contributed by atoms with Crippen LogP contribution in [-0.2, 0) is 11.3 Å². The first-order valence-corrected chi connectivity index (χ1v) is 6.56. The maximum absolute atomic E-state index is 11.7. The minimum atomic E-state index is -0.817. The Balaban J connectivity index is 1.63. The number of nitrogens with zero attached hydrogens (tertiary/aromatic N) is 2. The fourth-order valence-corrected chi connectivity index (χ4v) is 1.86. The van der Waals surface area contributed by atoms with Gasteiger partial charge in [0.1, 0.15) is 17.2 Å². The molecule has 0 saturated carbocycles. The van der Waals surface area contributed by atoms with E-state index in [-0.39, 0.29) is 12.4 Å². The molecule has 0 aliphatic carbocycles. The van der Waals surface area contributed by atoms with Gasteiger partial charge < -0.3 is 13.7 Å². The quantitative estimate of drug-likeness (QED) is 0.404. The first kappa shape index (κ1) is 14.5. The van der Waals surface area contributed by atoms with Crippen LogP contribution in [0.25, 0.3) is 11.3 Å². The van der Waals surface area contributed by atoms with E-state index in [0.29, 0.717) is 11.5 Å². The van der Waals surface area contributed by atoms with Crippen LogP contribution in [0.15, 0.2) is 57.5 Å². The zero-order valence-electron chi connectivity index (χ0n) is 11.7. The number of carbonyl (C=O) groups excluding carboxylic acids is 1. The Morgan fingerprint density at radius 2 is 2.00 bits per heavy atom. The second-order valence-electron chi connectivity index (χ2n) is 4.52. The summed E-state index contributed by atoms with van der Waals surface area (Å²) in [7, 11) is 0. The summed E-state index contributed by atoms with van der Waals surface area (Å²) in [4.78, 5) is 21.5. The minimum Gasteiger partial charge on any atom is -0.453 e. The molecule has 2 aromatic heterocycles. The second-order valence-corrected chi connectivity index (χ2v) is 4.52. The van der Waals surface area contributed by atoms with Crippen LogP contribution < -0.4 is 0 Å². The van der Waals surface area contributed by atoms with Crippen molar-refractivity contribution < 1.29 is 23.4 Å². The van der Waals surface area contributed by atoms with Crippen molar-refractivity contribution >= 4 is 11.9 Å². The molecule has 8 nitrogen and oxygen atoms in total. The summed E-state index contributed by atoms with van der Waals surface area (Å²) in [6, 6.07) is 13.2. The van der Waals surface area contributed by atoms with Crippen LogP contribution in [0, 0.1) is 10.1 Å². The van der Waals surface area contributed by atoms with E-state index >= 15 is 0 Å². The number of ether oxygens (including phenoxy) is 1. The Labute approximate surface area is 129 Å². The van der Waals surface area contributed by atoms with Crippen LogP contribution in [0.3, 0.4) is 0 Å². The number of hydrogen-bond acceptors (Lipinski definition) is 7. The van der Waals surface area contributed by atoms with Gasteiger partial charge in [-0.25, -0.2) is 4.79 Å². The van der Waals surface area contributed by atoms with Gasteiger partial charge in [0, 0.05) is 11.6 Å². The summed E-state index contributed by atoms with van der Waals surface area (Å²) in [5, 5.41) is 14.3. The van der Waals surface area contributed by atoms with Crippen LogP contribution in [-0.4, -0.2) is 16.0 Å². The van der Waals surface area contributed by atoms with E-state index in [9.17, 15) is 14.9 Å². The average Bonchev–Trinajstić information content (AvgIpc) is 3.23. The number of aromatic nitrogens is 1. The van der Waals surface area contributed by atoms with Crippen molar-refractivity contribution in [2.75, 3.05) is 0 Å². The summed E-state index contributed by atoms with van der Waals surface area (Å²) in [5.74, 6) is -1.04. The predicted molar refractivity (Wildman–Crippen MR) is 76.4 cm³/mol. The van der Waals surface area contributed by atoms with Crippen LogP contribution in [0.2, 0.25) is 0 Å². The van der Waals surface area contributed by atoms with Crippen molar-refractivity contribution in [2.24, 2.45) is 0 Å². The van der Waals surface area contributed by atoms with Gasteiger partial charge in [-0.1, -0.05) is 35.5 Å². The standard InChI is InChI=1S/C15H10N2O6/c18-15(12-6-7-14(22-12)17(19)20)21-9-11-8-13(23-16-11)10-4-2-1-3-5-10/h1-8H,9H2. The molecule has 0 aliphatic rings. The van der Waals surface area contributed by atoms with E-state index < -0.39 is 16.8 Å². The molecule has 0 N–H and O–H groups in total. The van der Waals surface area contributed by atoms with E-state index in [1.54, 1.807) is 6.07 Å². The van der Waals surface area contributed by atoms with Gasteiger partial charge in [0.2, 0.25) is 5.76 Å². The number of furan rings is 1. The molecule has 0 saturated heterocycles. The van der Waals surface area contributed by atoms with E-state index in [1.165, 1.54) is 6.07 Å². The number of carbonyl (C=O) groups is 1. The van der Waals surface area contributed by atoms with Crippen LogP contribution in [0.4, 0.5) is 5.88 Å². The van der Waals surface area contributed by atoms with Crippen LogP contribution in [0.5, 0.6) is 0 Å². The SMILES string of the molecule is O=C(OCc1cc(-c2ccccc2)on1)c1ccc([N+](=O)[O-])o1. The third kappa shape index (κ3) is 3.26. The molecule has 0 aliphatic heterocycles. The average molecular weight is 314 g/mol. The fraction of sp³-hybridized carbons (Fsp3) is 0.0667. The minimum absolute atomic E-state index is 0.135. The molecular formula is C15H10N2O6. The van der Waals surface area contributed by atoms with Gasteiger partial charge in [-0.2, -0.15) is 0 Å². The van der Waals surface area contributed by atoms with Crippen LogP contribution >= 0.6 is 0 Å². The molecule has 2 heterocycles. The Hall–Kier alpha value is -3.42. The molecule has 0 fully saturated rings. The largest absolute Gasteiger partial charge is 0.453 e. The monoisotopic (exact) mass is 314 g/mol. The van der Waals surface area contributed by atoms with E-state index in [1.807, 2.05) is 30.3 Å². The van der Waals surface area contributed by atoms with Crippen molar-refractivity contribution in [3.8, 4) is 11.3 Å². The van der Waals surface area contributed by atoms with Gasteiger partial charge >= 0.3 is 11.9 Å². The number of hydrogen-bond donors (Lipinski definition) is 0. The molecule has 23 heavy (non-hydrogen) atoms. The molecule has 0 radical (unpaired) electrons. The van der Waals surface area contributed by atoms with Crippen molar-refractivity contribution in [1.82, 2.24) is 5.16 Å². The van der Waals surface area contributed by atoms with E-state index in [0.717, 1.165) is 11.6 Å². The van der Waals surface area contributed by atoms with Gasteiger partial charge in [0.05, 0.1) is 6.07 Å². The van der Waals surface area contributed by atoms with Gasteiger partial charge in [-0.3, -0.25) is 10.1 Å². The highest BCUT2D eigenvalue weighted by Gasteiger charge is 2.19. The van der Waals surface area contributed by atoms with Crippen LogP contribution in [0.1, 0.15) is 16.2 Å². The summed E-state index contributed by atoms with van der Waals surface area (Å²) < 4.78 is 14.9. The van der Waals surface area contributed by atoms with Gasteiger partial charge in [-0.05, 0) is 6.07 Å². The zero-order chi connectivity index (χ0) is 16.2. The third-order valence-corrected chi connectivity index (χ3v) is 2.94. The van der Waals surface area contributed by atoms with Crippen molar-refractivity contribution in [3.63, 3.8) is 0 Å². The summed E-state index contributed by atoms with van der Waals surface area (Å²) in [6.07, 6.45) is 0. The highest BCUT2D eigenvalue weighted by atomic mass is 16.7. The van der Waals surface area contributed by atoms with Gasteiger partial charge in [-0.15, -0.1) is 0 Å². The lowest BCUT2D eigenvalue weighted by Gasteiger charge is -1.98. The van der Waals surface area contributed by atoms with Crippen molar-refractivity contribution in [1.29, 1.82) is 0 Å². The van der Waals surface area contributed by atoms with Gasteiger partial charge in [0.15, 0.2) is 5.76 Å².